The zero-order valence-electron chi connectivity index (χ0n) is 15.2. The summed E-state index contributed by atoms with van der Waals surface area (Å²) in [5.41, 5.74) is 1.34. The molecule has 0 amide bonds. The minimum Gasteiger partial charge on any atom is -0.383 e. The highest BCUT2D eigenvalue weighted by molar-refractivity contribution is 5.14. The van der Waals surface area contributed by atoms with Crippen LogP contribution in [0.3, 0.4) is 0 Å². The summed E-state index contributed by atoms with van der Waals surface area (Å²) in [6.45, 7) is 6.79. The van der Waals surface area contributed by atoms with Crippen LogP contribution in [0.2, 0.25) is 0 Å². The van der Waals surface area contributed by atoms with Gasteiger partial charge in [-0.1, -0.05) is 30.3 Å². The lowest BCUT2D eigenvalue weighted by molar-refractivity contribution is 0.181. The second-order valence-corrected chi connectivity index (χ2v) is 6.64. The molecule has 0 aliphatic carbocycles. The highest BCUT2D eigenvalue weighted by atomic mass is 16.5. The number of methoxy groups -OCH3 is 1. The van der Waals surface area contributed by atoms with E-state index < -0.39 is 0 Å². The van der Waals surface area contributed by atoms with Gasteiger partial charge in [0.05, 0.1) is 13.2 Å². The largest absolute Gasteiger partial charge is 0.383 e. The van der Waals surface area contributed by atoms with Crippen LogP contribution in [0.5, 0.6) is 0 Å². The molecule has 1 saturated heterocycles. The fourth-order valence-electron chi connectivity index (χ4n) is 3.57. The number of benzene rings is 1. The molecular weight excluding hydrogens is 316 g/mol. The molecule has 1 aliphatic rings. The van der Waals surface area contributed by atoms with Crippen molar-refractivity contribution in [2.24, 2.45) is 0 Å². The number of piperidine rings is 1. The predicted molar refractivity (Wildman–Crippen MR) is 97.7 cm³/mol. The van der Waals surface area contributed by atoms with Gasteiger partial charge in [-0.15, -0.1) is 0 Å². The van der Waals surface area contributed by atoms with Crippen LogP contribution in [0, 0.1) is 0 Å². The van der Waals surface area contributed by atoms with Crippen molar-refractivity contribution in [2.45, 2.75) is 45.3 Å². The van der Waals surface area contributed by atoms with E-state index in [0.717, 1.165) is 38.3 Å². The van der Waals surface area contributed by atoms with E-state index in [1.54, 1.807) is 11.8 Å². The smallest absolute Gasteiger partial charge is 0.345 e. The van der Waals surface area contributed by atoms with Crippen LogP contribution in [0.15, 0.2) is 35.1 Å². The number of hydrogen-bond donors (Lipinski definition) is 0. The fraction of sp³-hybridized carbons (Fsp3) is 0.579. The molecule has 136 valence electrons. The maximum absolute atomic E-state index is 12.5. The van der Waals surface area contributed by atoms with Crippen LogP contribution >= 0.6 is 0 Å². The van der Waals surface area contributed by atoms with Crippen LogP contribution in [-0.2, 0) is 24.4 Å². The number of nitrogens with zero attached hydrogens (tertiary/aromatic N) is 4. The van der Waals surface area contributed by atoms with E-state index in [1.165, 1.54) is 5.56 Å². The maximum Gasteiger partial charge on any atom is 0.345 e. The van der Waals surface area contributed by atoms with Crippen molar-refractivity contribution in [3.63, 3.8) is 0 Å². The number of rotatable bonds is 7. The summed E-state index contributed by atoms with van der Waals surface area (Å²) < 4.78 is 8.46. The van der Waals surface area contributed by atoms with Gasteiger partial charge in [0, 0.05) is 26.1 Å². The summed E-state index contributed by atoms with van der Waals surface area (Å²) in [7, 11) is 1.64. The van der Waals surface area contributed by atoms with Gasteiger partial charge in [0.15, 0.2) is 0 Å². The molecule has 1 aromatic carbocycles. The number of aromatic nitrogens is 3. The van der Waals surface area contributed by atoms with E-state index in [1.807, 2.05) is 11.5 Å². The zero-order valence-corrected chi connectivity index (χ0v) is 15.2. The molecule has 0 N–H and O–H groups in total. The number of hydrogen-bond acceptors (Lipinski definition) is 4. The third-order valence-electron chi connectivity index (χ3n) is 4.98. The normalized spacial score (nSPS) is 16.4. The topological polar surface area (TPSA) is 52.3 Å². The van der Waals surface area contributed by atoms with Crippen molar-refractivity contribution < 1.29 is 4.74 Å². The van der Waals surface area contributed by atoms with Crippen molar-refractivity contribution in [3.8, 4) is 0 Å². The van der Waals surface area contributed by atoms with Crippen LogP contribution < -0.4 is 5.69 Å². The van der Waals surface area contributed by atoms with E-state index in [2.05, 4.69) is 40.3 Å². The first-order valence-electron chi connectivity index (χ1n) is 9.15. The van der Waals surface area contributed by atoms with Crippen molar-refractivity contribution in [1.82, 2.24) is 19.2 Å². The van der Waals surface area contributed by atoms with Gasteiger partial charge in [0.25, 0.3) is 0 Å². The Labute approximate surface area is 149 Å². The van der Waals surface area contributed by atoms with Crippen LogP contribution in [0.1, 0.15) is 37.1 Å². The Morgan fingerprint density at radius 1 is 1.20 bits per heavy atom. The van der Waals surface area contributed by atoms with Gasteiger partial charge in [-0.3, -0.25) is 9.47 Å². The first kappa shape index (κ1) is 17.9. The molecular formula is C19H28N4O2. The van der Waals surface area contributed by atoms with Gasteiger partial charge >= 0.3 is 5.69 Å². The van der Waals surface area contributed by atoms with E-state index in [0.29, 0.717) is 25.6 Å². The van der Waals surface area contributed by atoms with Crippen molar-refractivity contribution in [2.75, 3.05) is 26.8 Å². The number of likely N-dealkylation sites (tertiary alicyclic amines) is 1. The standard InChI is InChI=1S/C19H28N4O2/c1-3-22-18(20-23(19(22)24)13-14-25-2)17-9-11-21(12-10-17)15-16-7-5-4-6-8-16/h4-8,17H,3,9-15H2,1-2H3. The fourth-order valence-corrected chi connectivity index (χ4v) is 3.57. The Bertz CT molecular complexity index is 715. The number of ether oxygens (including phenoxy) is 1. The summed E-state index contributed by atoms with van der Waals surface area (Å²) in [5.74, 6) is 1.31. The summed E-state index contributed by atoms with van der Waals surface area (Å²) in [6, 6.07) is 10.6. The van der Waals surface area contributed by atoms with E-state index >= 15 is 0 Å². The molecule has 1 aliphatic heterocycles. The first-order chi connectivity index (χ1) is 12.2. The van der Waals surface area contributed by atoms with Crippen molar-refractivity contribution in [1.29, 1.82) is 0 Å². The molecule has 3 rings (SSSR count). The highest BCUT2D eigenvalue weighted by Crippen LogP contribution is 2.27. The minimum atomic E-state index is -0.0127. The summed E-state index contributed by atoms with van der Waals surface area (Å²) >= 11 is 0. The molecule has 0 bridgehead atoms. The summed E-state index contributed by atoms with van der Waals surface area (Å²) in [6.07, 6.45) is 2.10. The highest BCUT2D eigenvalue weighted by Gasteiger charge is 2.26. The summed E-state index contributed by atoms with van der Waals surface area (Å²) in [5, 5.41) is 4.62. The average Bonchev–Trinajstić information content (AvgIpc) is 2.97. The molecule has 25 heavy (non-hydrogen) atoms. The zero-order chi connectivity index (χ0) is 17.6. The maximum atomic E-state index is 12.5. The average molecular weight is 344 g/mol. The summed E-state index contributed by atoms with van der Waals surface area (Å²) in [4.78, 5) is 15.0. The Morgan fingerprint density at radius 3 is 2.56 bits per heavy atom. The first-order valence-corrected chi connectivity index (χ1v) is 9.15. The van der Waals surface area contributed by atoms with Crippen LogP contribution in [0.25, 0.3) is 0 Å². The molecule has 2 heterocycles. The molecule has 6 nitrogen and oxygen atoms in total. The van der Waals surface area contributed by atoms with Crippen LogP contribution in [0.4, 0.5) is 0 Å². The Balaban J connectivity index is 1.65. The second kappa shape index (κ2) is 8.45. The Kier molecular flexibility index (Phi) is 6.04. The van der Waals surface area contributed by atoms with Crippen LogP contribution in [-0.4, -0.2) is 46.1 Å². The molecule has 0 unspecified atom stereocenters. The molecule has 0 spiro atoms. The second-order valence-electron chi connectivity index (χ2n) is 6.64. The molecule has 6 heteroatoms. The molecule has 2 aromatic rings. The third-order valence-corrected chi connectivity index (χ3v) is 4.98. The van der Waals surface area contributed by atoms with E-state index in [-0.39, 0.29) is 5.69 Å². The molecule has 1 aromatic heterocycles. The van der Waals surface area contributed by atoms with Gasteiger partial charge in [0.2, 0.25) is 0 Å². The van der Waals surface area contributed by atoms with Gasteiger partial charge in [-0.05, 0) is 38.4 Å². The van der Waals surface area contributed by atoms with E-state index in [9.17, 15) is 4.79 Å². The minimum absolute atomic E-state index is 0.0127. The lowest BCUT2D eigenvalue weighted by Crippen LogP contribution is -2.33. The third kappa shape index (κ3) is 4.19. The molecule has 0 saturated carbocycles. The lowest BCUT2D eigenvalue weighted by Gasteiger charge is -2.31. The Morgan fingerprint density at radius 2 is 1.92 bits per heavy atom. The molecule has 0 atom stereocenters. The van der Waals surface area contributed by atoms with Crippen molar-refractivity contribution in [3.05, 3.63) is 52.2 Å². The van der Waals surface area contributed by atoms with Gasteiger partial charge in [0.1, 0.15) is 5.82 Å². The molecule has 0 radical (unpaired) electrons. The van der Waals surface area contributed by atoms with Crippen molar-refractivity contribution >= 4 is 0 Å². The Hall–Kier alpha value is -1.92. The molecule has 1 fully saturated rings. The monoisotopic (exact) mass is 344 g/mol. The van der Waals surface area contributed by atoms with E-state index in [4.69, 9.17) is 4.74 Å². The quantitative estimate of drug-likeness (QED) is 0.772. The van der Waals surface area contributed by atoms with Gasteiger partial charge in [-0.25, -0.2) is 9.48 Å². The van der Waals surface area contributed by atoms with Gasteiger partial charge < -0.3 is 4.74 Å². The SMILES string of the molecule is CCn1c(C2CCN(Cc3ccccc3)CC2)nn(CCOC)c1=O. The predicted octanol–water partition coefficient (Wildman–Crippen LogP) is 2.09. The van der Waals surface area contributed by atoms with Gasteiger partial charge in [-0.2, -0.15) is 5.10 Å². The lowest BCUT2D eigenvalue weighted by atomic mass is 9.95.